The Morgan fingerprint density at radius 2 is 1.56 bits per heavy atom. The first-order chi connectivity index (χ1) is 8.18. The van der Waals surface area contributed by atoms with Crippen LogP contribution in [0.5, 0.6) is 0 Å². The summed E-state index contributed by atoms with van der Waals surface area (Å²) in [4.78, 5) is 0. The lowest BCUT2D eigenvalue weighted by Crippen LogP contribution is -2.38. The van der Waals surface area contributed by atoms with Gasteiger partial charge in [-0.1, -0.05) is 41.9 Å². The smallest absolute Gasteiger partial charge is 0.0175 e. The third kappa shape index (κ3) is 6.55. The second-order valence-corrected chi connectivity index (χ2v) is 7.81. The Bertz CT molecular complexity index is 360. The third-order valence-corrected chi connectivity index (χ3v) is 3.58. The standard InChI is InChI=1S/C16H26BrN/c1-15(2,3)18-11-10-16(4,5)12-13-6-8-14(17)9-7-13/h6-9,18H,10-12H2,1-5H3. The summed E-state index contributed by atoms with van der Waals surface area (Å²) in [5.74, 6) is 0. The van der Waals surface area contributed by atoms with Gasteiger partial charge in [-0.2, -0.15) is 0 Å². The van der Waals surface area contributed by atoms with Gasteiger partial charge in [-0.05, 0) is 63.3 Å². The molecule has 0 unspecified atom stereocenters. The van der Waals surface area contributed by atoms with Crippen LogP contribution in [0.15, 0.2) is 28.7 Å². The first kappa shape index (κ1) is 15.7. The zero-order valence-electron chi connectivity index (χ0n) is 12.3. The summed E-state index contributed by atoms with van der Waals surface area (Å²) in [6, 6.07) is 8.67. The van der Waals surface area contributed by atoms with Crippen LogP contribution in [-0.4, -0.2) is 12.1 Å². The quantitative estimate of drug-likeness (QED) is 0.824. The molecule has 0 saturated carbocycles. The molecule has 0 amide bonds. The van der Waals surface area contributed by atoms with Crippen molar-refractivity contribution < 1.29 is 0 Å². The molecule has 0 fully saturated rings. The van der Waals surface area contributed by atoms with Gasteiger partial charge in [0.15, 0.2) is 0 Å². The SMILES string of the molecule is CC(C)(CCNC(C)(C)C)Cc1ccc(Br)cc1. The molecule has 0 aliphatic carbocycles. The van der Waals surface area contributed by atoms with E-state index in [1.807, 2.05) is 0 Å². The normalized spacial score (nSPS) is 12.8. The number of benzene rings is 1. The second-order valence-electron chi connectivity index (χ2n) is 6.89. The predicted octanol–water partition coefficient (Wildman–Crippen LogP) is 4.80. The minimum atomic E-state index is 0.216. The molecule has 0 aromatic heterocycles. The maximum atomic E-state index is 3.57. The minimum Gasteiger partial charge on any atom is -0.312 e. The fourth-order valence-electron chi connectivity index (χ4n) is 2.02. The molecule has 18 heavy (non-hydrogen) atoms. The number of nitrogens with one attached hydrogen (secondary N) is 1. The molecule has 102 valence electrons. The molecule has 0 spiro atoms. The van der Waals surface area contributed by atoms with Crippen LogP contribution in [0.4, 0.5) is 0 Å². The summed E-state index contributed by atoms with van der Waals surface area (Å²) in [5, 5.41) is 3.57. The Labute approximate surface area is 120 Å². The molecule has 1 aromatic rings. The van der Waals surface area contributed by atoms with Gasteiger partial charge in [0.1, 0.15) is 0 Å². The average Bonchev–Trinajstić information content (AvgIpc) is 2.18. The van der Waals surface area contributed by atoms with Crippen LogP contribution >= 0.6 is 15.9 Å². The summed E-state index contributed by atoms with van der Waals surface area (Å²) < 4.78 is 1.15. The van der Waals surface area contributed by atoms with E-state index in [9.17, 15) is 0 Å². The van der Waals surface area contributed by atoms with E-state index in [1.54, 1.807) is 0 Å². The largest absolute Gasteiger partial charge is 0.312 e. The topological polar surface area (TPSA) is 12.0 Å². The van der Waals surface area contributed by atoms with Gasteiger partial charge in [0.25, 0.3) is 0 Å². The molecule has 0 atom stereocenters. The molecule has 0 aliphatic heterocycles. The summed E-state index contributed by atoms with van der Waals surface area (Å²) >= 11 is 3.48. The molecule has 0 saturated heterocycles. The maximum Gasteiger partial charge on any atom is 0.0175 e. The van der Waals surface area contributed by atoms with Gasteiger partial charge in [0.05, 0.1) is 0 Å². The van der Waals surface area contributed by atoms with Crippen LogP contribution in [0.3, 0.4) is 0 Å². The number of rotatable bonds is 5. The molecule has 0 radical (unpaired) electrons. The van der Waals surface area contributed by atoms with Crippen molar-refractivity contribution in [2.75, 3.05) is 6.54 Å². The zero-order valence-corrected chi connectivity index (χ0v) is 13.9. The van der Waals surface area contributed by atoms with Crippen LogP contribution in [0.25, 0.3) is 0 Å². The zero-order chi connectivity index (χ0) is 13.8. The molecule has 1 nitrogen and oxygen atoms in total. The first-order valence-corrected chi connectivity index (χ1v) is 7.47. The van der Waals surface area contributed by atoms with Crippen molar-refractivity contribution in [3.05, 3.63) is 34.3 Å². The lowest BCUT2D eigenvalue weighted by molar-refractivity contribution is 0.302. The summed E-state index contributed by atoms with van der Waals surface area (Å²) in [6.07, 6.45) is 2.33. The van der Waals surface area contributed by atoms with Gasteiger partial charge in [-0.15, -0.1) is 0 Å². The first-order valence-electron chi connectivity index (χ1n) is 6.67. The minimum absolute atomic E-state index is 0.216. The molecular formula is C16H26BrN. The lowest BCUT2D eigenvalue weighted by Gasteiger charge is -2.28. The summed E-state index contributed by atoms with van der Waals surface area (Å²) in [6.45, 7) is 12.4. The molecule has 0 heterocycles. The van der Waals surface area contributed by atoms with Crippen LogP contribution in [0.2, 0.25) is 0 Å². The van der Waals surface area contributed by atoms with Gasteiger partial charge in [-0.3, -0.25) is 0 Å². The third-order valence-electron chi connectivity index (χ3n) is 3.05. The fourth-order valence-corrected chi connectivity index (χ4v) is 2.28. The average molecular weight is 312 g/mol. The van der Waals surface area contributed by atoms with Gasteiger partial charge in [-0.25, -0.2) is 0 Å². The Morgan fingerprint density at radius 3 is 2.06 bits per heavy atom. The van der Waals surface area contributed by atoms with E-state index in [2.05, 4.69) is 80.1 Å². The Hall–Kier alpha value is -0.340. The maximum absolute atomic E-state index is 3.57. The highest BCUT2D eigenvalue weighted by atomic mass is 79.9. The molecule has 1 rings (SSSR count). The van der Waals surface area contributed by atoms with Crippen LogP contribution in [-0.2, 0) is 6.42 Å². The van der Waals surface area contributed by atoms with E-state index in [4.69, 9.17) is 0 Å². The van der Waals surface area contributed by atoms with Gasteiger partial charge in [0, 0.05) is 10.0 Å². The Kier molecular flexibility index (Phi) is 5.42. The number of hydrogen-bond acceptors (Lipinski definition) is 1. The summed E-state index contributed by atoms with van der Waals surface area (Å²) in [7, 11) is 0. The van der Waals surface area contributed by atoms with Gasteiger partial charge < -0.3 is 5.32 Å². The molecule has 2 heteroatoms. The van der Waals surface area contributed by atoms with Crippen molar-refractivity contribution in [2.45, 2.75) is 53.0 Å². The van der Waals surface area contributed by atoms with E-state index in [0.29, 0.717) is 5.41 Å². The highest BCUT2D eigenvalue weighted by Crippen LogP contribution is 2.26. The summed E-state index contributed by atoms with van der Waals surface area (Å²) in [5.41, 5.74) is 1.97. The lowest BCUT2D eigenvalue weighted by atomic mass is 9.82. The van der Waals surface area contributed by atoms with Crippen LogP contribution in [0.1, 0.15) is 46.6 Å². The highest BCUT2D eigenvalue weighted by molar-refractivity contribution is 9.10. The van der Waals surface area contributed by atoms with Crippen molar-refractivity contribution in [1.82, 2.24) is 5.32 Å². The van der Waals surface area contributed by atoms with Crippen LogP contribution in [0, 0.1) is 5.41 Å². The van der Waals surface area contributed by atoms with Gasteiger partial charge in [0.2, 0.25) is 0 Å². The van der Waals surface area contributed by atoms with Crippen molar-refractivity contribution in [3.63, 3.8) is 0 Å². The monoisotopic (exact) mass is 311 g/mol. The van der Waals surface area contributed by atoms with Crippen molar-refractivity contribution in [1.29, 1.82) is 0 Å². The molecule has 1 aromatic carbocycles. The van der Waals surface area contributed by atoms with Crippen molar-refractivity contribution in [2.24, 2.45) is 5.41 Å². The van der Waals surface area contributed by atoms with E-state index < -0.39 is 0 Å². The number of halogens is 1. The molecule has 1 N–H and O–H groups in total. The Balaban J connectivity index is 2.46. The predicted molar refractivity (Wildman–Crippen MR) is 84.0 cm³/mol. The van der Waals surface area contributed by atoms with E-state index in [0.717, 1.165) is 17.4 Å². The molecule has 0 aliphatic rings. The Morgan fingerprint density at radius 1 is 1.00 bits per heavy atom. The van der Waals surface area contributed by atoms with E-state index in [-0.39, 0.29) is 5.54 Å². The van der Waals surface area contributed by atoms with Crippen molar-refractivity contribution in [3.8, 4) is 0 Å². The molecule has 0 bridgehead atoms. The second kappa shape index (κ2) is 6.21. The molecular weight excluding hydrogens is 286 g/mol. The highest BCUT2D eigenvalue weighted by Gasteiger charge is 2.19. The number of hydrogen-bond donors (Lipinski definition) is 1. The van der Waals surface area contributed by atoms with Gasteiger partial charge >= 0.3 is 0 Å². The van der Waals surface area contributed by atoms with Crippen LogP contribution < -0.4 is 5.32 Å². The van der Waals surface area contributed by atoms with E-state index in [1.165, 1.54) is 12.0 Å². The van der Waals surface area contributed by atoms with Crippen molar-refractivity contribution >= 4 is 15.9 Å². The van der Waals surface area contributed by atoms with E-state index >= 15 is 0 Å². The fraction of sp³-hybridized carbons (Fsp3) is 0.625.